The molecule has 2 heterocycles. The van der Waals surface area contributed by atoms with Gasteiger partial charge < -0.3 is 15.3 Å². The Kier molecular flexibility index (Phi) is 6.12. The number of benzene rings is 2. The van der Waals surface area contributed by atoms with Crippen molar-refractivity contribution >= 4 is 23.6 Å². The summed E-state index contributed by atoms with van der Waals surface area (Å²) < 4.78 is 27.9. The van der Waals surface area contributed by atoms with E-state index in [2.05, 4.69) is 10.3 Å². The number of hydrogen-bond donors (Lipinski definition) is 2. The number of carboxylic acid groups (broad SMARTS) is 1. The molecule has 3 aromatic rings. The van der Waals surface area contributed by atoms with E-state index in [4.69, 9.17) is 5.11 Å². The van der Waals surface area contributed by atoms with E-state index in [0.29, 0.717) is 5.56 Å². The Labute approximate surface area is 187 Å². The maximum absolute atomic E-state index is 14.7. The summed E-state index contributed by atoms with van der Waals surface area (Å²) in [5.41, 5.74) is 1.14. The molecule has 0 aliphatic carbocycles. The van der Waals surface area contributed by atoms with E-state index in [1.54, 1.807) is 18.2 Å². The molecule has 0 unspecified atom stereocenters. The van der Waals surface area contributed by atoms with Gasteiger partial charge in [-0.25, -0.2) is 18.6 Å². The number of halogens is 2. The van der Waals surface area contributed by atoms with Crippen LogP contribution in [0.3, 0.4) is 0 Å². The summed E-state index contributed by atoms with van der Waals surface area (Å²) in [7, 11) is 0. The molecule has 4 rings (SSSR count). The molecule has 0 fully saturated rings. The number of pyridine rings is 1. The van der Waals surface area contributed by atoms with Gasteiger partial charge in [0.15, 0.2) is 0 Å². The molecular formula is C24H19F2N3O4. The Morgan fingerprint density at radius 1 is 1.06 bits per heavy atom. The van der Waals surface area contributed by atoms with Crippen LogP contribution in [0.15, 0.2) is 60.8 Å². The molecule has 168 valence electrons. The number of hydrogen-bond acceptors (Lipinski definition) is 4. The van der Waals surface area contributed by atoms with Gasteiger partial charge >= 0.3 is 5.97 Å². The minimum absolute atomic E-state index is 0.0130. The Bertz CT molecular complexity index is 1210. The van der Waals surface area contributed by atoms with E-state index in [1.165, 1.54) is 41.3 Å². The van der Waals surface area contributed by atoms with Gasteiger partial charge in [-0.1, -0.05) is 18.2 Å². The highest BCUT2D eigenvalue weighted by Gasteiger charge is 2.38. The van der Waals surface area contributed by atoms with Gasteiger partial charge in [0.05, 0.1) is 11.6 Å². The van der Waals surface area contributed by atoms with Crippen molar-refractivity contribution in [3.05, 3.63) is 94.7 Å². The highest BCUT2D eigenvalue weighted by molar-refractivity contribution is 5.99. The lowest BCUT2D eigenvalue weighted by molar-refractivity contribution is -0.116. The lowest BCUT2D eigenvalue weighted by atomic mass is 9.99. The second-order valence-corrected chi connectivity index (χ2v) is 7.60. The predicted octanol–water partition coefficient (Wildman–Crippen LogP) is 4.17. The van der Waals surface area contributed by atoms with Gasteiger partial charge in [0.1, 0.15) is 17.5 Å². The first-order valence-electron chi connectivity index (χ1n) is 10.2. The summed E-state index contributed by atoms with van der Waals surface area (Å²) >= 11 is 0. The lowest BCUT2D eigenvalue weighted by Gasteiger charge is -2.25. The Hall–Kier alpha value is -4.14. The van der Waals surface area contributed by atoms with Gasteiger partial charge in [-0.15, -0.1) is 0 Å². The standard InChI is InChI=1S/C24H19F2N3O4/c25-16-7-4-14(5-8-16)13-29-19(22-17(23(29)31)2-1-3-18(22)26)9-11-21(30)28-20-10-6-15(12-27-20)24(32)33/h1-8,10,12,19H,9,11,13H2,(H,32,33)(H,27,28,30)/t19-/m0/s1. The molecule has 0 saturated heterocycles. The molecule has 7 nitrogen and oxygen atoms in total. The van der Waals surface area contributed by atoms with Crippen molar-refractivity contribution in [3.8, 4) is 0 Å². The van der Waals surface area contributed by atoms with Gasteiger partial charge in [-0.3, -0.25) is 9.59 Å². The fourth-order valence-corrected chi connectivity index (χ4v) is 3.85. The molecule has 2 amide bonds. The highest BCUT2D eigenvalue weighted by Crippen LogP contribution is 2.39. The second kappa shape index (κ2) is 9.15. The van der Waals surface area contributed by atoms with Gasteiger partial charge in [0.25, 0.3) is 5.91 Å². The zero-order chi connectivity index (χ0) is 23.5. The summed E-state index contributed by atoms with van der Waals surface area (Å²) in [6, 6.07) is 12.0. The molecule has 2 N–H and O–H groups in total. The van der Waals surface area contributed by atoms with Crippen LogP contribution in [0.5, 0.6) is 0 Å². The van der Waals surface area contributed by atoms with Crippen LogP contribution in [-0.4, -0.2) is 32.8 Å². The summed E-state index contributed by atoms with van der Waals surface area (Å²) in [5.74, 6) is -2.65. The van der Waals surface area contributed by atoms with Crippen molar-refractivity contribution in [1.29, 1.82) is 0 Å². The first-order chi connectivity index (χ1) is 15.8. The van der Waals surface area contributed by atoms with E-state index in [9.17, 15) is 23.2 Å². The van der Waals surface area contributed by atoms with E-state index >= 15 is 0 Å². The quantitative estimate of drug-likeness (QED) is 0.562. The number of amides is 2. The van der Waals surface area contributed by atoms with Crippen molar-refractivity contribution in [2.75, 3.05) is 5.32 Å². The molecule has 0 saturated carbocycles. The molecule has 2 aromatic carbocycles. The monoisotopic (exact) mass is 451 g/mol. The Balaban J connectivity index is 1.50. The largest absolute Gasteiger partial charge is 0.478 e. The van der Waals surface area contributed by atoms with E-state index in [0.717, 1.165) is 6.20 Å². The molecule has 1 aromatic heterocycles. The fourth-order valence-electron chi connectivity index (χ4n) is 3.85. The number of aromatic nitrogens is 1. The first kappa shape index (κ1) is 22.1. The molecule has 33 heavy (non-hydrogen) atoms. The molecule has 1 atom stereocenters. The Morgan fingerprint density at radius 3 is 2.48 bits per heavy atom. The van der Waals surface area contributed by atoms with E-state index in [1.807, 2.05) is 0 Å². The van der Waals surface area contributed by atoms with Crippen LogP contribution >= 0.6 is 0 Å². The first-order valence-corrected chi connectivity index (χ1v) is 10.2. The number of carbonyl (C=O) groups is 3. The van der Waals surface area contributed by atoms with Crippen LogP contribution in [-0.2, 0) is 11.3 Å². The van der Waals surface area contributed by atoms with Crippen molar-refractivity contribution in [3.63, 3.8) is 0 Å². The SMILES string of the molecule is O=C(CC[C@H]1c2c(F)cccc2C(=O)N1Cc1ccc(F)cc1)Nc1ccc(C(=O)O)cn1. The van der Waals surface area contributed by atoms with Gasteiger partial charge in [-0.05, 0) is 48.4 Å². The molecule has 0 bridgehead atoms. The number of carboxylic acids is 1. The topological polar surface area (TPSA) is 99.6 Å². The number of anilines is 1. The number of aromatic carboxylic acids is 1. The van der Waals surface area contributed by atoms with Gasteiger partial charge in [0, 0.05) is 30.3 Å². The number of nitrogens with zero attached hydrogens (tertiary/aromatic N) is 2. The smallest absolute Gasteiger partial charge is 0.337 e. The molecule has 0 radical (unpaired) electrons. The number of nitrogens with one attached hydrogen (secondary N) is 1. The zero-order valence-electron chi connectivity index (χ0n) is 17.3. The third-order valence-electron chi connectivity index (χ3n) is 5.44. The summed E-state index contributed by atoms with van der Waals surface area (Å²) in [6.07, 6.45) is 1.25. The predicted molar refractivity (Wildman–Crippen MR) is 114 cm³/mol. The molecule has 9 heteroatoms. The van der Waals surface area contributed by atoms with Gasteiger partial charge in [-0.2, -0.15) is 0 Å². The molecule has 1 aliphatic rings. The number of rotatable bonds is 7. The minimum atomic E-state index is -1.13. The highest BCUT2D eigenvalue weighted by atomic mass is 19.1. The third-order valence-corrected chi connectivity index (χ3v) is 5.44. The lowest BCUT2D eigenvalue weighted by Crippen LogP contribution is -2.28. The normalized spacial score (nSPS) is 14.8. The average Bonchev–Trinajstić information content (AvgIpc) is 3.06. The summed E-state index contributed by atoms with van der Waals surface area (Å²) in [5, 5.41) is 11.5. The van der Waals surface area contributed by atoms with Crippen molar-refractivity contribution < 1.29 is 28.3 Å². The van der Waals surface area contributed by atoms with Crippen LogP contribution in [0.1, 0.15) is 50.7 Å². The average molecular weight is 451 g/mol. The summed E-state index contributed by atoms with van der Waals surface area (Å²) in [6.45, 7) is 0.137. The van der Waals surface area contributed by atoms with Crippen molar-refractivity contribution in [2.45, 2.75) is 25.4 Å². The van der Waals surface area contributed by atoms with Crippen LogP contribution in [0.2, 0.25) is 0 Å². The van der Waals surface area contributed by atoms with Crippen LogP contribution in [0.4, 0.5) is 14.6 Å². The minimum Gasteiger partial charge on any atom is -0.478 e. The van der Waals surface area contributed by atoms with Gasteiger partial charge in [0.2, 0.25) is 5.91 Å². The summed E-state index contributed by atoms with van der Waals surface area (Å²) in [4.78, 5) is 41.7. The van der Waals surface area contributed by atoms with Crippen molar-refractivity contribution in [2.24, 2.45) is 0 Å². The number of carbonyl (C=O) groups excluding carboxylic acids is 2. The maximum Gasteiger partial charge on any atom is 0.337 e. The second-order valence-electron chi connectivity index (χ2n) is 7.60. The van der Waals surface area contributed by atoms with Crippen LogP contribution < -0.4 is 5.32 Å². The van der Waals surface area contributed by atoms with Crippen LogP contribution in [0, 0.1) is 11.6 Å². The van der Waals surface area contributed by atoms with E-state index in [-0.39, 0.29) is 47.8 Å². The van der Waals surface area contributed by atoms with Crippen molar-refractivity contribution in [1.82, 2.24) is 9.88 Å². The maximum atomic E-state index is 14.7. The third kappa shape index (κ3) is 4.72. The van der Waals surface area contributed by atoms with E-state index < -0.39 is 29.6 Å². The number of fused-ring (bicyclic) bond motifs is 1. The molecule has 1 aliphatic heterocycles. The Morgan fingerprint density at radius 2 is 1.82 bits per heavy atom. The molecule has 0 spiro atoms. The van der Waals surface area contributed by atoms with Crippen LogP contribution in [0.25, 0.3) is 0 Å². The molecular weight excluding hydrogens is 432 g/mol. The zero-order valence-corrected chi connectivity index (χ0v) is 17.3. The fraction of sp³-hybridized carbons (Fsp3) is 0.167.